The fourth-order valence-corrected chi connectivity index (χ4v) is 8.03. The minimum atomic E-state index is -3.42. The Bertz CT molecular complexity index is 1130. The van der Waals surface area contributed by atoms with Gasteiger partial charge < -0.3 is 4.90 Å². The molecular weight excluding hydrogens is 464 g/mol. The van der Waals surface area contributed by atoms with Crippen LogP contribution in [0, 0.1) is 28.9 Å². The summed E-state index contributed by atoms with van der Waals surface area (Å²) in [6.45, 7) is 1.29. The molecule has 33 heavy (non-hydrogen) atoms. The van der Waals surface area contributed by atoms with E-state index in [2.05, 4.69) is 9.62 Å². The van der Waals surface area contributed by atoms with Gasteiger partial charge in [0.1, 0.15) is 4.21 Å². The zero-order valence-corrected chi connectivity index (χ0v) is 20.0. The standard InChI is InChI=1S/C24H29F2N3O2S2/c25-20-10-17-7-8-22-19(18(17)11-21(20)26)12-23(27)29(22)14-16-5-3-15(4-6-16)13-28-33(30,31)24-2-1-9-32-24/h1-2,9-11,15-16,19,22,27-28H,3-8,12-14H2. The molecule has 5 nitrogen and oxygen atoms in total. The van der Waals surface area contributed by atoms with Gasteiger partial charge in [0.15, 0.2) is 11.6 Å². The highest BCUT2D eigenvalue weighted by atomic mass is 32.2. The zero-order valence-electron chi connectivity index (χ0n) is 18.4. The number of nitrogens with zero attached hydrogens (tertiary/aromatic N) is 1. The number of fused-ring (bicyclic) bond motifs is 3. The van der Waals surface area contributed by atoms with Gasteiger partial charge in [-0.1, -0.05) is 6.07 Å². The van der Waals surface area contributed by atoms with Crippen LogP contribution in [0.5, 0.6) is 0 Å². The molecule has 1 saturated carbocycles. The Kier molecular flexibility index (Phi) is 6.30. The number of benzene rings is 1. The molecule has 178 valence electrons. The normalized spacial score (nSPS) is 27.5. The van der Waals surface area contributed by atoms with Gasteiger partial charge in [0.25, 0.3) is 0 Å². The van der Waals surface area contributed by atoms with Crippen molar-refractivity contribution in [3.63, 3.8) is 0 Å². The van der Waals surface area contributed by atoms with E-state index in [-0.39, 0.29) is 12.0 Å². The zero-order chi connectivity index (χ0) is 23.2. The number of aryl methyl sites for hydroxylation is 1. The number of thiophene rings is 1. The summed E-state index contributed by atoms with van der Waals surface area (Å²) in [5.74, 6) is -0.103. The van der Waals surface area contributed by atoms with E-state index < -0.39 is 21.7 Å². The Balaban J connectivity index is 1.16. The van der Waals surface area contributed by atoms with E-state index in [1.807, 2.05) is 0 Å². The molecule has 3 aliphatic rings. The predicted octanol–water partition coefficient (Wildman–Crippen LogP) is 4.89. The molecule has 0 spiro atoms. The Morgan fingerprint density at radius 2 is 1.82 bits per heavy atom. The Morgan fingerprint density at radius 3 is 2.55 bits per heavy atom. The van der Waals surface area contributed by atoms with Crippen molar-refractivity contribution in [1.82, 2.24) is 9.62 Å². The van der Waals surface area contributed by atoms with Crippen molar-refractivity contribution >= 4 is 27.2 Å². The minimum absolute atomic E-state index is 0.0688. The molecule has 5 rings (SSSR count). The summed E-state index contributed by atoms with van der Waals surface area (Å²) < 4.78 is 55.4. The summed E-state index contributed by atoms with van der Waals surface area (Å²) in [6, 6.07) is 6.23. The lowest BCUT2D eigenvalue weighted by Gasteiger charge is -2.37. The van der Waals surface area contributed by atoms with E-state index in [1.54, 1.807) is 17.5 Å². The quantitative estimate of drug-likeness (QED) is 0.602. The first-order chi connectivity index (χ1) is 15.8. The summed E-state index contributed by atoms with van der Waals surface area (Å²) in [6.07, 6.45) is 6.15. The van der Waals surface area contributed by atoms with Gasteiger partial charge in [-0.15, -0.1) is 11.3 Å². The van der Waals surface area contributed by atoms with Crippen molar-refractivity contribution in [1.29, 1.82) is 5.41 Å². The van der Waals surface area contributed by atoms with Gasteiger partial charge in [0.05, 0.1) is 5.84 Å². The van der Waals surface area contributed by atoms with Crippen LogP contribution >= 0.6 is 11.3 Å². The highest BCUT2D eigenvalue weighted by molar-refractivity contribution is 7.91. The highest BCUT2D eigenvalue weighted by Gasteiger charge is 2.42. The van der Waals surface area contributed by atoms with E-state index in [4.69, 9.17) is 5.41 Å². The number of sulfonamides is 1. The fourth-order valence-electron chi connectivity index (χ4n) is 5.88. The number of nitrogens with one attached hydrogen (secondary N) is 2. The number of rotatable bonds is 6. The maximum Gasteiger partial charge on any atom is 0.250 e. The average Bonchev–Trinajstić information content (AvgIpc) is 3.44. The second-order valence-corrected chi connectivity index (χ2v) is 12.6. The van der Waals surface area contributed by atoms with Crippen molar-refractivity contribution in [2.24, 2.45) is 11.8 Å². The van der Waals surface area contributed by atoms with Crippen LogP contribution in [0.3, 0.4) is 0 Å². The van der Waals surface area contributed by atoms with Gasteiger partial charge >= 0.3 is 0 Å². The second-order valence-electron chi connectivity index (χ2n) is 9.65. The molecule has 1 aromatic carbocycles. The van der Waals surface area contributed by atoms with Gasteiger partial charge in [-0.05, 0) is 85.1 Å². The van der Waals surface area contributed by atoms with Crippen LogP contribution in [-0.4, -0.2) is 38.3 Å². The molecule has 2 N–H and O–H groups in total. The third-order valence-corrected chi connectivity index (χ3v) is 10.5. The summed E-state index contributed by atoms with van der Waals surface area (Å²) in [5, 5.41) is 10.3. The molecule has 0 bridgehead atoms. The maximum atomic E-state index is 13.9. The van der Waals surface area contributed by atoms with E-state index >= 15 is 0 Å². The van der Waals surface area contributed by atoms with Gasteiger partial charge in [0.2, 0.25) is 10.0 Å². The summed E-state index contributed by atoms with van der Waals surface area (Å²) in [7, 11) is -3.42. The summed E-state index contributed by atoms with van der Waals surface area (Å²) in [4.78, 5) is 2.21. The number of amidine groups is 1. The number of hydrogen-bond acceptors (Lipinski definition) is 4. The van der Waals surface area contributed by atoms with Crippen LogP contribution in [-0.2, 0) is 16.4 Å². The topological polar surface area (TPSA) is 73.3 Å². The Labute approximate surface area is 197 Å². The molecule has 1 aliphatic heterocycles. The number of likely N-dealkylation sites (tertiary alicyclic amines) is 1. The Morgan fingerprint density at radius 1 is 1.09 bits per heavy atom. The molecule has 2 aliphatic carbocycles. The van der Waals surface area contributed by atoms with Crippen LogP contribution in [0.2, 0.25) is 0 Å². The molecule has 2 heterocycles. The lowest BCUT2D eigenvalue weighted by molar-refractivity contribution is 0.197. The first-order valence-electron chi connectivity index (χ1n) is 11.7. The molecule has 2 unspecified atom stereocenters. The average molecular weight is 494 g/mol. The smallest absolute Gasteiger partial charge is 0.250 e. The molecule has 0 radical (unpaired) electrons. The van der Waals surface area contributed by atoms with E-state index in [0.717, 1.165) is 49.8 Å². The molecular formula is C24H29F2N3O2S2. The van der Waals surface area contributed by atoms with Crippen LogP contribution < -0.4 is 4.72 Å². The number of hydrogen-bond donors (Lipinski definition) is 2. The SMILES string of the molecule is N=C1CC2c3cc(F)c(F)cc3CCC2N1CC1CCC(CNS(=O)(=O)c2cccs2)CC1. The lowest BCUT2D eigenvalue weighted by Crippen LogP contribution is -2.41. The van der Waals surface area contributed by atoms with Crippen molar-refractivity contribution in [3.8, 4) is 0 Å². The first-order valence-corrected chi connectivity index (χ1v) is 14.0. The maximum absolute atomic E-state index is 13.9. The largest absolute Gasteiger partial charge is 0.357 e. The third-order valence-electron chi connectivity index (χ3n) is 7.66. The van der Waals surface area contributed by atoms with Crippen LogP contribution in [0.15, 0.2) is 33.9 Å². The molecule has 0 amide bonds. The van der Waals surface area contributed by atoms with Crippen molar-refractivity contribution in [3.05, 3.63) is 52.4 Å². The molecule has 2 atom stereocenters. The predicted molar refractivity (Wildman–Crippen MR) is 125 cm³/mol. The van der Waals surface area contributed by atoms with Gasteiger partial charge in [-0.25, -0.2) is 21.9 Å². The molecule has 2 fully saturated rings. The molecule has 9 heteroatoms. The van der Waals surface area contributed by atoms with Crippen molar-refractivity contribution < 1.29 is 17.2 Å². The summed E-state index contributed by atoms with van der Waals surface area (Å²) in [5.41, 5.74) is 1.76. The second kappa shape index (κ2) is 9.07. The molecule has 1 saturated heterocycles. The molecule has 1 aromatic heterocycles. The van der Waals surface area contributed by atoms with Crippen LogP contribution in [0.25, 0.3) is 0 Å². The van der Waals surface area contributed by atoms with E-state index in [9.17, 15) is 17.2 Å². The molecule has 2 aromatic rings. The van der Waals surface area contributed by atoms with E-state index in [0.29, 0.717) is 41.3 Å². The van der Waals surface area contributed by atoms with Gasteiger partial charge in [-0.3, -0.25) is 5.41 Å². The van der Waals surface area contributed by atoms with Crippen LogP contribution in [0.4, 0.5) is 8.78 Å². The fraction of sp³-hybridized carbons (Fsp3) is 0.542. The number of halogens is 2. The monoisotopic (exact) mass is 493 g/mol. The Hall–Kier alpha value is -1.84. The van der Waals surface area contributed by atoms with E-state index in [1.165, 1.54) is 23.5 Å². The minimum Gasteiger partial charge on any atom is -0.357 e. The van der Waals surface area contributed by atoms with Gasteiger partial charge in [-0.2, -0.15) is 0 Å². The van der Waals surface area contributed by atoms with Crippen molar-refractivity contribution in [2.75, 3.05) is 13.1 Å². The lowest BCUT2D eigenvalue weighted by atomic mass is 9.78. The first kappa shape index (κ1) is 22.9. The summed E-state index contributed by atoms with van der Waals surface area (Å²) >= 11 is 1.23. The third kappa shape index (κ3) is 4.59. The van der Waals surface area contributed by atoms with Gasteiger partial charge in [0, 0.05) is 31.5 Å². The highest BCUT2D eigenvalue weighted by Crippen LogP contribution is 2.44. The van der Waals surface area contributed by atoms with Crippen molar-refractivity contribution in [2.45, 2.75) is 61.1 Å². The van der Waals surface area contributed by atoms with Crippen LogP contribution in [0.1, 0.15) is 55.6 Å².